The molecule has 12 heavy (non-hydrogen) atoms. The van der Waals surface area contributed by atoms with Gasteiger partial charge in [-0.25, -0.2) is 0 Å². The third-order valence-corrected chi connectivity index (χ3v) is 2.02. The second-order valence-corrected chi connectivity index (χ2v) is 3.59. The molecule has 0 saturated heterocycles. The molecule has 0 rings (SSSR count). The van der Waals surface area contributed by atoms with Crippen LogP contribution >= 0.6 is 0 Å². The highest BCUT2D eigenvalue weighted by Crippen LogP contribution is 2.01. The quantitative estimate of drug-likeness (QED) is 0.636. The minimum atomic E-state index is 0.540. The topological polar surface area (TPSA) is 24.1 Å². The predicted molar refractivity (Wildman–Crippen MR) is 55.2 cm³/mol. The monoisotopic (exact) mass is 170 g/mol. The van der Waals surface area contributed by atoms with Crippen molar-refractivity contribution >= 4 is 0 Å². The predicted octanol–water partition coefficient (Wildman–Crippen LogP) is 1.89. The molecular formula is C10H22N2. The molecule has 0 aromatic heterocycles. The van der Waals surface area contributed by atoms with E-state index < -0.39 is 0 Å². The summed E-state index contributed by atoms with van der Waals surface area (Å²) in [4.78, 5) is 0. The molecular weight excluding hydrogens is 148 g/mol. The van der Waals surface area contributed by atoms with Crippen LogP contribution in [0.1, 0.15) is 33.6 Å². The fraction of sp³-hybridized carbons (Fsp3) is 0.800. The van der Waals surface area contributed by atoms with E-state index in [1.165, 1.54) is 12.8 Å². The fourth-order valence-corrected chi connectivity index (χ4v) is 1.14. The molecule has 0 aliphatic carbocycles. The van der Waals surface area contributed by atoms with Gasteiger partial charge in [-0.1, -0.05) is 6.58 Å². The van der Waals surface area contributed by atoms with Crippen LogP contribution in [0.3, 0.4) is 0 Å². The van der Waals surface area contributed by atoms with Crippen molar-refractivity contribution in [3.63, 3.8) is 0 Å². The van der Waals surface area contributed by atoms with E-state index >= 15 is 0 Å². The summed E-state index contributed by atoms with van der Waals surface area (Å²) in [5, 5.41) is 6.52. The van der Waals surface area contributed by atoms with E-state index in [1.807, 2.05) is 14.0 Å². The number of allylic oxidation sites excluding steroid dienone is 1. The highest BCUT2D eigenvalue weighted by atomic mass is 14.9. The van der Waals surface area contributed by atoms with Crippen LogP contribution in [0, 0.1) is 0 Å². The Bertz CT molecular complexity index is 132. The second-order valence-electron chi connectivity index (χ2n) is 3.59. The van der Waals surface area contributed by atoms with Crippen LogP contribution in [-0.4, -0.2) is 19.1 Å². The van der Waals surface area contributed by atoms with E-state index in [1.54, 1.807) is 0 Å². The van der Waals surface area contributed by atoms with E-state index in [4.69, 9.17) is 0 Å². The Balaban J connectivity index is 3.43. The van der Waals surface area contributed by atoms with Crippen molar-refractivity contribution in [2.24, 2.45) is 0 Å². The first-order valence-corrected chi connectivity index (χ1v) is 4.65. The smallest absolute Gasteiger partial charge is 0.0230 e. The van der Waals surface area contributed by atoms with Gasteiger partial charge in [-0.15, -0.1) is 0 Å². The molecule has 2 N–H and O–H groups in total. The van der Waals surface area contributed by atoms with Crippen LogP contribution < -0.4 is 10.6 Å². The number of hydrogen-bond donors (Lipinski definition) is 2. The number of hydrogen-bond acceptors (Lipinski definition) is 2. The first-order chi connectivity index (χ1) is 5.56. The van der Waals surface area contributed by atoms with Gasteiger partial charge in [0.1, 0.15) is 0 Å². The first kappa shape index (κ1) is 11.5. The van der Waals surface area contributed by atoms with E-state index in [9.17, 15) is 0 Å². The molecule has 0 aliphatic heterocycles. The van der Waals surface area contributed by atoms with E-state index in [2.05, 4.69) is 31.1 Å². The summed E-state index contributed by atoms with van der Waals surface area (Å²) in [5.74, 6) is 0. The molecule has 0 amide bonds. The molecule has 0 bridgehead atoms. The molecule has 0 heterocycles. The molecule has 2 atom stereocenters. The average Bonchev–Trinajstić information content (AvgIpc) is 1.99. The summed E-state index contributed by atoms with van der Waals surface area (Å²) in [6.07, 6.45) is 2.40. The Labute approximate surface area is 76.4 Å². The van der Waals surface area contributed by atoms with E-state index in [0.717, 1.165) is 5.70 Å². The lowest BCUT2D eigenvalue weighted by Gasteiger charge is -2.17. The Morgan fingerprint density at radius 3 is 2.17 bits per heavy atom. The maximum atomic E-state index is 3.82. The van der Waals surface area contributed by atoms with Crippen LogP contribution in [0.5, 0.6) is 0 Å². The molecule has 0 aromatic rings. The lowest BCUT2D eigenvalue weighted by Crippen LogP contribution is -2.28. The molecule has 72 valence electrons. The van der Waals surface area contributed by atoms with Gasteiger partial charge >= 0.3 is 0 Å². The fourth-order valence-electron chi connectivity index (χ4n) is 1.14. The van der Waals surface area contributed by atoms with Crippen molar-refractivity contribution in [3.05, 3.63) is 12.3 Å². The van der Waals surface area contributed by atoms with Crippen molar-refractivity contribution in [1.29, 1.82) is 0 Å². The van der Waals surface area contributed by atoms with Crippen LogP contribution in [-0.2, 0) is 0 Å². The Morgan fingerprint density at radius 2 is 1.75 bits per heavy atom. The van der Waals surface area contributed by atoms with Crippen molar-refractivity contribution in [2.45, 2.75) is 45.7 Å². The number of nitrogens with one attached hydrogen (secondary N) is 2. The largest absolute Gasteiger partial charge is 0.387 e. The highest BCUT2D eigenvalue weighted by molar-refractivity contribution is 4.87. The Kier molecular flexibility index (Phi) is 5.81. The standard InChI is InChI=1S/C10H22N2/c1-8(2)12-10(4)7-6-9(3)11-5/h9-12H,1,6-7H2,2-5H3. The van der Waals surface area contributed by atoms with E-state index in [0.29, 0.717) is 12.1 Å². The van der Waals surface area contributed by atoms with Crippen molar-refractivity contribution in [1.82, 2.24) is 10.6 Å². The molecule has 0 aromatic carbocycles. The summed E-state index contributed by atoms with van der Waals surface area (Å²) in [6.45, 7) is 10.2. The zero-order valence-electron chi connectivity index (χ0n) is 8.78. The minimum absolute atomic E-state index is 0.540. The summed E-state index contributed by atoms with van der Waals surface area (Å²) in [5.41, 5.74) is 1.06. The van der Waals surface area contributed by atoms with Crippen LogP contribution in [0.4, 0.5) is 0 Å². The maximum absolute atomic E-state index is 3.82. The minimum Gasteiger partial charge on any atom is -0.387 e. The zero-order chi connectivity index (χ0) is 9.56. The molecule has 0 saturated carbocycles. The second kappa shape index (κ2) is 6.06. The molecule has 0 radical (unpaired) electrons. The summed E-state index contributed by atoms with van der Waals surface area (Å²) in [6, 6.07) is 1.15. The van der Waals surface area contributed by atoms with Crippen LogP contribution in [0.2, 0.25) is 0 Å². The van der Waals surface area contributed by atoms with Crippen LogP contribution in [0.25, 0.3) is 0 Å². The summed E-state index contributed by atoms with van der Waals surface area (Å²) >= 11 is 0. The lowest BCUT2D eigenvalue weighted by molar-refractivity contribution is 0.477. The van der Waals surface area contributed by atoms with Gasteiger partial charge in [0.2, 0.25) is 0 Å². The molecule has 0 spiro atoms. The average molecular weight is 170 g/mol. The lowest BCUT2D eigenvalue weighted by atomic mass is 10.1. The van der Waals surface area contributed by atoms with Gasteiger partial charge in [0, 0.05) is 17.8 Å². The van der Waals surface area contributed by atoms with Crippen molar-refractivity contribution in [3.8, 4) is 0 Å². The summed E-state index contributed by atoms with van der Waals surface area (Å²) < 4.78 is 0. The zero-order valence-corrected chi connectivity index (χ0v) is 8.78. The van der Waals surface area contributed by atoms with E-state index in [-0.39, 0.29) is 0 Å². The summed E-state index contributed by atoms with van der Waals surface area (Å²) in [7, 11) is 2.00. The van der Waals surface area contributed by atoms with Gasteiger partial charge in [-0.3, -0.25) is 0 Å². The van der Waals surface area contributed by atoms with Gasteiger partial charge in [-0.05, 0) is 40.7 Å². The highest BCUT2D eigenvalue weighted by Gasteiger charge is 2.03. The Morgan fingerprint density at radius 1 is 1.25 bits per heavy atom. The van der Waals surface area contributed by atoms with Crippen molar-refractivity contribution < 1.29 is 0 Å². The first-order valence-electron chi connectivity index (χ1n) is 4.65. The van der Waals surface area contributed by atoms with Crippen molar-refractivity contribution in [2.75, 3.05) is 7.05 Å². The molecule has 0 fully saturated rings. The number of rotatable bonds is 6. The molecule has 2 nitrogen and oxygen atoms in total. The SMILES string of the molecule is C=C(C)NC(C)CCC(C)NC. The third-order valence-electron chi connectivity index (χ3n) is 2.02. The van der Waals surface area contributed by atoms with Gasteiger partial charge in [0.15, 0.2) is 0 Å². The normalized spacial score (nSPS) is 15.3. The molecule has 2 unspecified atom stereocenters. The Hall–Kier alpha value is -0.500. The van der Waals surface area contributed by atoms with Crippen LogP contribution in [0.15, 0.2) is 12.3 Å². The molecule has 2 heteroatoms. The van der Waals surface area contributed by atoms with Gasteiger partial charge in [0.05, 0.1) is 0 Å². The van der Waals surface area contributed by atoms with Gasteiger partial charge in [-0.2, -0.15) is 0 Å². The third kappa shape index (κ3) is 6.23. The van der Waals surface area contributed by atoms with Gasteiger partial charge in [0.25, 0.3) is 0 Å². The molecule has 0 aliphatic rings. The maximum Gasteiger partial charge on any atom is 0.0230 e. The van der Waals surface area contributed by atoms with Gasteiger partial charge < -0.3 is 10.6 Å².